The number of rotatable bonds is 6. The zero-order valence-corrected chi connectivity index (χ0v) is 15.7. The smallest absolute Gasteiger partial charge is 0.325 e. The van der Waals surface area contributed by atoms with Gasteiger partial charge in [-0.25, -0.2) is 13.8 Å². The maximum absolute atomic E-state index is 14.4. The molecule has 0 bridgehead atoms. The summed E-state index contributed by atoms with van der Waals surface area (Å²) >= 11 is 0. The van der Waals surface area contributed by atoms with Crippen LogP contribution in [0.1, 0.15) is 39.4 Å². The molecule has 9 nitrogen and oxygen atoms in total. The fraction of sp³-hybridized carbons (Fsp3) is 0.316. The van der Waals surface area contributed by atoms with Crippen LogP contribution >= 0.6 is 0 Å². The van der Waals surface area contributed by atoms with Gasteiger partial charge in [-0.05, 0) is 43.9 Å². The van der Waals surface area contributed by atoms with Crippen LogP contribution in [-0.2, 0) is 30.7 Å². The molecular formula is C19H19FN6O3. The number of amides is 1. The number of nitrogens with zero attached hydrogens (tertiary/aromatic N) is 5. The molecule has 1 aliphatic carbocycles. The monoisotopic (exact) mass is 398 g/mol. The SMILES string of the molecule is Cc1ccc(F)c(-n2nc(C(=O)NCc3cn(CC(=O)O)nn3)c3c2CCC3)c1. The van der Waals surface area contributed by atoms with Gasteiger partial charge < -0.3 is 10.4 Å². The van der Waals surface area contributed by atoms with Crippen molar-refractivity contribution in [1.29, 1.82) is 0 Å². The number of hydrogen-bond acceptors (Lipinski definition) is 5. The summed E-state index contributed by atoms with van der Waals surface area (Å²) in [7, 11) is 0. The highest BCUT2D eigenvalue weighted by Crippen LogP contribution is 2.29. The number of halogens is 1. The number of benzene rings is 1. The zero-order valence-electron chi connectivity index (χ0n) is 15.7. The molecule has 0 unspecified atom stereocenters. The predicted molar refractivity (Wildman–Crippen MR) is 99.1 cm³/mol. The van der Waals surface area contributed by atoms with Crippen molar-refractivity contribution in [2.45, 2.75) is 39.3 Å². The Bertz CT molecular complexity index is 1100. The van der Waals surface area contributed by atoms with E-state index in [0.29, 0.717) is 17.8 Å². The van der Waals surface area contributed by atoms with Gasteiger partial charge in [0.25, 0.3) is 5.91 Å². The van der Waals surface area contributed by atoms with Gasteiger partial charge in [-0.2, -0.15) is 5.10 Å². The van der Waals surface area contributed by atoms with Crippen LogP contribution in [0.15, 0.2) is 24.4 Å². The number of carbonyl (C=O) groups excluding carboxylic acids is 1. The van der Waals surface area contributed by atoms with E-state index in [2.05, 4.69) is 20.7 Å². The Balaban J connectivity index is 1.56. The van der Waals surface area contributed by atoms with E-state index >= 15 is 0 Å². The van der Waals surface area contributed by atoms with Crippen LogP contribution in [0.25, 0.3) is 5.69 Å². The van der Waals surface area contributed by atoms with Gasteiger partial charge in [-0.1, -0.05) is 11.3 Å². The first-order valence-electron chi connectivity index (χ1n) is 9.18. The second-order valence-electron chi connectivity index (χ2n) is 6.98. The van der Waals surface area contributed by atoms with Crippen LogP contribution in [0.5, 0.6) is 0 Å². The molecule has 2 heterocycles. The highest BCUT2D eigenvalue weighted by atomic mass is 19.1. The summed E-state index contributed by atoms with van der Waals surface area (Å²) in [6.07, 6.45) is 3.77. The molecule has 0 saturated heterocycles. The zero-order chi connectivity index (χ0) is 20.5. The Morgan fingerprint density at radius 1 is 1.31 bits per heavy atom. The van der Waals surface area contributed by atoms with Crippen LogP contribution in [0, 0.1) is 12.7 Å². The molecule has 150 valence electrons. The molecule has 10 heteroatoms. The van der Waals surface area contributed by atoms with Gasteiger partial charge in [-0.3, -0.25) is 9.59 Å². The summed E-state index contributed by atoms with van der Waals surface area (Å²) < 4.78 is 17.1. The van der Waals surface area contributed by atoms with Gasteiger partial charge in [0.15, 0.2) is 5.69 Å². The largest absolute Gasteiger partial charge is 0.480 e. The minimum atomic E-state index is -1.03. The van der Waals surface area contributed by atoms with E-state index in [0.717, 1.165) is 29.7 Å². The van der Waals surface area contributed by atoms with Gasteiger partial charge in [0.05, 0.1) is 12.7 Å². The average Bonchev–Trinajstić information content (AvgIpc) is 3.38. The third-order valence-corrected chi connectivity index (χ3v) is 4.79. The molecule has 0 aliphatic heterocycles. The van der Waals surface area contributed by atoms with Crippen molar-refractivity contribution in [3.05, 3.63) is 58.4 Å². The lowest BCUT2D eigenvalue weighted by Crippen LogP contribution is -2.24. The second kappa shape index (κ2) is 7.46. The van der Waals surface area contributed by atoms with E-state index in [1.807, 2.05) is 6.92 Å². The lowest BCUT2D eigenvalue weighted by atomic mass is 10.2. The van der Waals surface area contributed by atoms with Crippen LogP contribution in [0.4, 0.5) is 4.39 Å². The van der Waals surface area contributed by atoms with Crippen molar-refractivity contribution in [3.8, 4) is 5.69 Å². The third kappa shape index (κ3) is 3.73. The van der Waals surface area contributed by atoms with E-state index in [4.69, 9.17) is 5.11 Å². The number of aryl methyl sites for hydroxylation is 1. The summed E-state index contributed by atoms with van der Waals surface area (Å²) in [6, 6.07) is 4.80. The maximum Gasteiger partial charge on any atom is 0.325 e. The van der Waals surface area contributed by atoms with Crippen molar-refractivity contribution in [2.75, 3.05) is 0 Å². The van der Waals surface area contributed by atoms with E-state index in [-0.39, 0.29) is 24.7 Å². The predicted octanol–water partition coefficient (Wildman–Crippen LogP) is 1.41. The van der Waals surface area contributed by atoms with Crippen LogP contribution in [0.2, 0.25) is 0 Å². The van der Waals surface area contributed by atoms with Crippen molar-refractivity contribution < 1.29 is 19.1 Å². The number of carbonyl (C=O) groups is 2. The number of nitrogens with one attached hydrogen (secondary N) is 1. The quantitative estimate of drug-likeness (QED) is 0.649. The topological polar surface area (TPSA) is 115 Å². The van der Waals surface area contributed by atoms with Gasteiger partial charge >= 0.3 is 5.97 Å². The van der Waals surface area contributed by atoms with Crippen molar-refractivity contribution in [1.82, 2.24) is 30.1 Å². The number of carboxylic acids is 1. The first-order valence-corrected chi connectivity index (χ1v) is 9.18. The Morgan fingerprint density at radius 3 is 2.93 bits per heavy atom. The molecule has 0 atom stereocenters. The number of hydrogen-bond donors (Lipinski definition) is 2. The van der Waals surface area contributed by atoms with Crippen LogP contribution in [-0.4, -0.2) is 41.8 Å². The summed E-state index contributed by atoms with van der Waals surface area (Å²) in [4.78, 5) is 23.4. The molecule has 3 aromatic rings. The van der Waals surface area contributed by atoms with Crippen molar-refractivity contribution in [3.63, 3.8) is 0 Å². The second-order valence-corrected chi connectivity index (χ2v) is 6.98. The standard InChI is InChI=1S/C19H19FN6O3/c1-11-5-6-14(20)16(7-11)26-15-4-2-3-13(15)18(23-26)19(29)21-8-12-9-25(24-22-12)10-17(27)28/h5-7,9H,2-4,8,10H2,1H3,(H,21,29)(H,27,28). The first-order chi connectivity index (χ1) is 13.9. The average molecular weight is 398 g/mol. The van der Waals surface area contributed by atoms with Crippen LogP contribution < -0.4 is 5.32 Å². The fourth-order valence-electron chi connectivity index (χ4n) is 3.49. The van der Waals surface area contributed by atoms with Gasteiger partial charge in [-0.15, -0.1) is 5.10 Å². The van der Waals surface area contributed by atoms with E-state index in [9.17, 15) is 14.0 Å². The summed E-state index contributed by atoms with van der Waals surface area (Å²) in [5, 5.41) is 23.4. The Kier molecular flexibility index (Phi) is 4.83. The normalized spacial score (nSPS) is 12.8. The number of carboxylic acid groups (broad SMARTS) is 1. The molecule has 2 aromatic heterocycles. The minimum Gasteiger partial charge on any atom is -0.480 e. The molecule has 0 saturated carbocycles. The Labute approximate surface area is 165 Å². The molecule has 1 aromatic carbocycles. The molecule has 1 amide bonds. The Hall–Kier alpha value is -3.56. The molecule has 2 N–H and O–H groups in total. The van der Waals surface area contributed by atoms with Gasteiger partial charge in [0.2, 0.25) is 0 Å². The molecule has 4 rings (SSSR count). The molecule has 0 radical (unpaired) electrons. The van der Waals surface area contributed by atoms with Gasteiger partial charge in [0.1, 0.15) is 23.7 Å². The first kappa shape index (κ1) is 18.8. The summed E-state index contributed by atoms with van der Waals surface area (Å²) in [6.45, 7) is 1.65. The fourth-order valence-corrected chi connectivity index (χ4v) is 3.49. The number of aliphatic carboxylic acids is 1. The molecule has 0 spiro atoms. The van der Waals surface area contributed by atoms with Gasteiger partial charge in [0, 0.05) is 11.3 Å². The van der Waals surface area contributed by atoms with E-state index in [1.54, 1.807) is 12.1 Å². The minimum absolute atomic E-state index is 0.0822. The molecule has 29 heavy (non-hydrogen) atoms. The highest BCUT2D eigenvalue weighted by molar-refractivity contribution is 5.94. The van der Waals surface area contributed by atoms with Crippen molar-refractivity contribution >= 4 is 11.9 Å². The van der Waals surface area contributed by atoms with Crippen molar-refractivity contribution in [2.24, 2.45) is 0 Å². The van der Waals surface area contributed by atoms with E-state index < -0.39 is 11.8 Å². The van der Waals surface area contributed by atoms with E-state index in [1.165, 1.54) is 21.6 Å². The maximum atomic E-state index is 14.4. The molecule has 0 fully saturated rings. The van der Waals surface area contributed by atoms with Crippen LogP contribution in [0.3, 0.4) is 0 Å². The Morgan fingerprint density at radius 2 is 2.14 bits per heavy atom. The lowest BCUT2D eigenvalue weighted by Gasteiger charge is -2.08. The number of fused-ring (bicyclic) bond motifs is 1. The molecular weight excluding hydrogens is 379 g/mol. The summed E-state index contributed by atoms with van der Waals surface area (Å²) in [5.41, 5.74) is 3.62. The highest BCUT2D eigenvalue weighted by Gasteiger charge is 2.27. The third-order valence-electron chi connectivity index (χ3n) is 4.79. The summed E-state index contributed by atoms with van der Waals surface area (Å²) in [5.74, 6) is -1.81. The number of aromatic nitrogens is 5. The lowest BCUT2D eigenvalue weighted by molar-refractivity contribution is -0.137. The molecule has 1 aliphatic rings.